The lowest BCUT2D eigenvalue weighted by Gasteiger charge is -2.30. The van der Waals surface area contributed by atoms with Crippen LogP contribution in [0.5, 0.6) is 0 Å². The van der Waals surface area contributed by atoms with Crippen molar-refractivity contribution >= 4 is 17.8 Å². The van der Waals surface area contributed by atoms with Gasteiger partial charge in [-0.25, -0.2) is 4.79 Å². The van der Waals surface area contributed by atoms with Gasteiger partial charge < -0.3 is 15.1 Å². The van der Waals surface area contributed by atoms with Crippen LogP contribution in [-0.4, -0.2) is 83.2 Å². The van der Waals surface area contributed by atoms with Crippen molar-refractivity contribution in [2.24, 2.45) is 0 Å². The number of urea groups is 1. The monoisotopic (exact) mass is 271 g/mol. The highest BCUT2D eigenvalue weighted by molar-refractivity contribution is 6.28. The molecule has 1 saturated heterocycles. The number of hydrogen-bond acceptors (Lipinski definition) is 6. The summed E-state index contributed by atoms with van der Waals surface area (Å²) in [6, 6.07) is -0.692. The summed E-state index contributed by atoms with van der Waals surface area (Å²) in [7, 11) is 2.56. The van der Waals surface area contributed by atoms with E-state index in [1.54, 1.807) is 0 Å². The van der Waals surface area contributed by atoms with Crippen LogP contribution in [0.3, 0.4) is 0 Å². The Morgan fingerprint density at radius 3 is 1.79 bits per heavy atom. The highest BCUT2D eigenvalue weighted by Crippen LogP contribution is 2.14. The second-order valence-electron chi connectivity index (χ2n) is 4.04. The van der Waals surface area contributed by atoms with Gasteiger partial charge in [-0.3, -0.25) is 19.4 Å². The molecule has 106 valence electrons. The van der Waals surface area contributed by atoms with Gasteiger partial charge in [-0.1, -0.05) is 0 Å². The zero-order valence-corrected chi connectivity index (χ0v) is 10.9. The molecule has 0 atom stereocenters. The second-order valence-corrected chi connectivity index (χ2v) is 4.04. The summed E-state index contributed by atoms with van der Waals surface area (Å²) in [5, 5.41) is 17.7. The topological polar surface area (TPSA) is 101 Å². The van der Waals surface area contributed by atoms with Gasteiger partial charge in [0, 0.05) is 33.4 Å². The van der Waals surface area contributed by atoms with E-state index >= 15 is 0 Å². The van der Waals surface area contributed by atoms with Gasteiger partial charge in [0.1, 0.15) is 5.57 Å². The molecule has 0 aromatic carbocycles. The van der Waals surface area contributed by atoms with Crippen LogP contribution in [0.2, 0.25) is 0 Å². The summed E-state index contributed by atoms with van der Waals surface area (Å²) in [6.45, 7) is -0.0223. The number of imide groups is 2. The highest BCUT2D eigenvalue weighted by atomic mass is 16.3. The Morgan fingerprint density at radius 2 is 1.42 bits per heavy atom. The summed E-state index contributed by atoms with van der Waals surface area (Å²) >= 11 is 0. The van der Waals surface area contributed by atoms with Gasteiger partial charge >= 0.3 is 6.03 Å². The van der Waals surface area contributed by atoms with Crippen molar-refractivity contribution in [2.75, 3.05) is 40.4 Å². The molecule has 1 aliphatic heterocycles. The SMILES string of the molecule is CN1C(=O)C(=CN(CCO)CCO)C(=O)N(C)C1=O. The van der Waals surface area contributed by atoms with Gasteiger partial charge in [0.05, 0.1) is 13.2 Å². The quantitative estimate of drug-likeness (QED) is 0.452. The van der Waals surface area contributed by atoms with E-state index in [1.807, 2.05) is 0 Å². The smallest absolute Gasteiger partial charge is 0.333 e. The van der Waals surface area contributed by atoms with Crippen LogP contribution in [0.25, 0.3) is 0 Å². The van der Waals surface area contributed by atoms with Gasteiger partial charge in [-0.05, 0) is 0 Å². The number of aliphatic hydroxyl groups is 2. The molecule has 0 saturated carbocycles. The minimum atomic E-state index is -0.700. The van der Waals surface area contributed by atoms with E-state index in [1.165, 1.54) is 25.2 Å². The van der Waals surface area contributed by atoms with E-state index < -0.39 is 17.8 Å². The van der Waals surface area contributed by atoms with Gasteiger partial charge in [0.15, 0.2) is 0 Å². The summed E-state index contributed by atoms with van der Waals surface area (Å²) in [5.74, 6) is -1.40. The van der Waals surface area contributed by atoms with Crippen molar-refractivity contribution in [3.63, 3.8) is 0 Å². The lowest BCUT2D eigenvalue weighted by Crippen LogP contribution is -2.53. The number of carbonyl (C=O) groups excluding carboxylic acids is 3. The maximum absolute atomic E-state index is 11.9. The van der Waals surface area contributed by atoms with Crippen LogP contribution in [0, 0.1) is 0 Å². The predicted molar refractivity (Wildman–Crippen MR) is 64.8 cm³/mol. The van der Waals surface area contributed by atoms with E-state index in [0.717, 1.165) is 9.80 Å². The molecule has 8 nitrogen and oxygen atoms in total. The van der Waals surface area contributed by atoms with Crippen molar-refractivity contribution in [3.05, 3.63) is 11.8 Å². The third kappa shape index (κ3) is 3.09. The van der Waals surface area contributed by atoms with Crippen molar-refractivity contribution in [2.45, 2.75) is 0 Å². The molecule has 0 aliphatic carbocycles. The molecule has 1 aliphatic rings. The van der Waals surface area contributed by atoms with Crippen LogP contribution >= 0.6 is 0 Å². The first-order chi connectivity index (χ1) is 8.93. The summed E-state index contributed by atoms with van der Waals surface area (Å²) < 4.78 is 0. The van der Waals surface area contributed by atoms with E-state index in [9.17, 15) is 14.4 Å². The third-order valence-electron chi connectivity index (χ3n) is 2.73. The lowest BCUT2D eigenvalue weighted by molar-refractivity contribution is -0.134. The van der Waals surface area contributed by atoms with Crippen LogP contribution in [0.1, 0.15) is 0 Å². The Morgan fingerprint density at radius 1 is 1.00 bits per heavy atom. The number of likely N-dealkylation sites (N-methyl/N-ethyl adjacent to an activating group) is 2. The molecular formula is C11H17N3O5. The van der Waals surface area contributed by atoms with E-state index in [0.29, 0.717) is 0 Å². The number of barbiturate groups is 1. The predicted octanol–water partition coefficient (Wildman–Crippen LogP) is -1.79. The molecule has 0 radical (unpaired) electrons. The maximum Gasteiger partial charge on any atom is 0.333 e. The molecule has 1 fully saturated rings. The zero-order chi connectivity index (χ0) is 14.6. The molecule has 8 heteroatoms. The first-order valence-electron chi connectivity index (χ1n) is 5.71. The van der Waals surface area contributed by atoms with E-state index in [-0.39, 0.29) is 31.9 Å². The Kier molecular flexibility index (Phi) is 5.02. The maximum atomic E-state index is 11.9. The number of rotatable bonds is 5. The summed E-state index contributed by atoms with van der Waals surface area (Å²) in [6.07, 6.45) is 1.26. The molecule has 0 unspecified atom stereocenters. The molecule has 0 spiro atoms. The van der Waals surface area contributed by atoms with Gasteiger partial charge in [-0.2, -0.15) is 0 Å². The molecular weight excluding hydrogens is 254 g/mol. The number of carbonyl (C=O) groups is 3. The fourth-order valence-corrected chi connectivity index (χ4v) is 1.64. The molecule has 4 amide bonds. The standard InChI is InChI=1S/C11H17N3O5/c1-12-9(17)8(10(18)13(2)11(12)19)7-14(3-5-15)4-6-16/h7,15-16H,3-6H2,1-2H3. The van der Waals surface area contributed by atoms with Gasteiger partial charge in [0.25, 0.3) is 11.8 Å². The Balaban J connectivity index is 3.04. The summed E-state index contributed by atoms with van der Waals surface area (Å²) in [5.41, 5.74) is -0.175. The van der Waals surface area contributed by atoms with Crippen molar-refractivity contribution in [3.8, 4) is 0 Å². The molecule has 1 rings (SSSR count). The Bertz CT molecular complexity index is 389. The average Bonchev–Trinajstić information content (AvgIpc) is 2.39. The van der Waals surface area contributed by atoms with Crippen molar-refractivity contribution < 1.29 is 24.6 Å². The minimum absolute atomic E-state index is 0.173. The van der Waals surface area contributed by atoms with E-state index in [4.69, 9.17) is 10.2 Å². The first kappa shape index (κ1) is 15.1. The van der Waals surface area contributed by atoms with Gasteiger partial charge in [0.2, 0.25) is 0 Å². The number of aliphatic hydroxyl groups excluding tert-OH is 2. The zero-order valence-electron chi connectivity index (χ0n) is 10.9. The molecule has 0 aromatic rings. The third-order valence-corrected chi connectivity index (χ3v) is 2.73. The Labute approximate surface area is 110 Å². The van der Waals surface area contributed by atoms with Crippen molar-refractivity contribution in [1.29, 1.82) is 0 Å². The number of hydrogen-bond donors (Lipinski definition) is 2. The molecule has 0 bridgehead atoms. The lowest BCUT2D eigenvalue weighted by atomic mass is 10.1. The van der Waals surface area contributed by atoms with Crippen molar-refractivity contribution in [1.82, 2.24) is 14.7 Å². The molecule has 1 heterocycles. The Hall–Kier alpha value is -1.93. The summed E-state index contributed by atoms with van der Waals surface area (Å²) in [4.78, 5) is 38.4. The second kappa shape index (κ2) is 6.30. The molecule has 19 heavy (non-hydrogen) atoms. The average molecular weight is 271 g/mol. The van der Waals surface area contributed by atoms with Crippen LogP contribution < -0.4 is 0 Å². The minimum Gasteiger partial charge on any atom is -0.395 e. The van der Waals surface area contributed by atoms with Gasteiger partial charge in [-0.15, -0.1) is 0 Å². The molecule has 2 N–H and O–H groups in total. The first-order valence-corrected chi connectivity index (χ1v) is 5.71. The van der Waals surface area contributed by atoms with Crippen LogP contribution in [-0.2, 0) is 9.59 Å². The highest BCUT2D eigenvalue weighted by Gasteiger charge is 2.38. The molecule has 0 aromatic heterocycles. The number of amides is 4. The van der Waals surface area contributed by atoms with E-state index in [2.05, 4.69) is 0 Å². The van der Waals surface area contributed by atoms with Crippen LogP contribution in [0.15, 0.2) is 11.8 Å². The fraction of sp³-hybridized carbons (Fsp3) is 0.545. The number of nitrogens with zero attached hydrogens (tertiary/aromatic N) is 3. The van der Waals surface area contributed by atoms with Crippen LogP contribution in [0.4, 0.5) is 4.79 Å². The largest absolute Gasteiger partial charge is 0.395 e. The normalized spacial score (nSPS) is 16.2. The fourth-order valence-electron chi connectivity index (χ4n) is 1.64.